The first-order chi connectivity index (χ1) is 8.33. The lowest BCUT2D eigenvalue weighted by atomic mass is 10.1. The van der Waals surface area contributed by atoms with Crippen LogP contribution in [0.2, 0.25) is 0 Å². The van der Waals surface area contributed by atoms with Crippen molar-refractivity contribution in [2.75, 3.05) is 6.61 Å². The minimum Gasteiger partial charge on any atom is -0.373 e. The molecule has 3 nitrogen and oxygen atoms in total. The lowest BCUT2D eigenvalue weighted by molar-refractivity contribution is -0.153. The topological polar surface area (TPSA) is 27.7 Å². The molecule has 92 valence electrons. The normalized spacial score (nSPS) is 36.1. The molecule has 2 heterocycles. The van der Waals surface area contributed by atoms with Crippen LogP contribution in [0, 0.1) is 0 Å². The SMILES string of the molecule is C[C@H]1OC[C@H]2O[C@@H]1C[C@@H]2OCc1ccccc1. The molecule has 3 heteroatoms. The van der Waals surface area contributed by atoms with Gasteiger partial charge < -0.3 is 14.2 Å². The van der Waals surface area contributed by atoms with Crippen LogP contribution >= 0.6 is 0 Å². The van der Waals surface area contributed by atoms with E-state index in [1.54, 1.807) is 0 Å². The minimum absolute atomic E-state index is 0.125. The number of rotatable bonds is 3. The zero-order valence-electron chi connectivity index (χ0n) is 10.0. The Labute approximate surface area is 102 Å². The summed E-state index contributed by atoms with van der Waals surface area (Å²) >= 11 is 0. The number of hydrogen-bond donors (Lipinski definition) is 0. The fourth-order valence-electron chi connectivity index (χ4n) is 2.50. The molecule has 3 rings (SSSR count). The van der Waals surface area contributed by atoms with Gasteiger partial charge >= 0.3 is 0 Å². The van der Waals surface area contributed by atoms with Crippen molar-refractivity contribution in [3.8, 4) is 0 Å². The molecule has 2 aliphatic heterocycles. The van der Waals surface area contributed by atoms with E-state index >= 15 is 0 Å². The monoisotopic (exact) mass is 234 g/mol. The second-order valence-electron chi connectivity index (χ2n) is 4.82. The number of benzene rings is 1. The van der Waals surface area contributed by atoms with Crippen molar-refractivity contribution in [1.82, 2.24) is 0 Å². The molecule has 17 heavy (non-hydrogen) atoms. The Morgan fingerprint density at radius 1 is 1.24 bits per heavy atom. The van der Waals surface area contributed by atoms with E-state index in [0.717, 1.165) is 6.42 Å². The highest BCUT2D eigenvalue weighted by Gasteiger charge is 2.43. The first-order valence-corrected chi connectivity index (χ1v) is 6.25. The van der Waals surface area contributed by atoms with Gasteiger partial charge in [0.05, 0.1) is 31.5 Å². The second-order valence-corrected chi connectivity index (χ2v) is 4.82. The maximum Gasteiger partial charge on any atom is 0.108 e. The molecular formula is C14H18O3. The summed E-state index contributed by atoms with van der Waals surface area (Å²) in [5, 5.41) is 0. The van der Waals surface area contributed by atoms with E-state index in [2.05, 4.69) is 19.1 Å². The third-order valence-electron chi connectivity index (χ3n) is 3.58. The molecule has 1 aromatic carbocycles. The summed E-state index contributed by atoms with van der Waals surface area (Å²) in [6.45, 7) is 3.39. The molecular weight excluding hydrogens is 216 g/mol. The Balaban J connectivity index is 1.57. The summed E-state index contributed by atoms with van der Waals surface area (Å²) in [6.07, 6.45) is 1.69. The fourth-order valence-corrected chi connectivity index (χ4v) is 2.50. The standard InChI is InChI=1S/C14H18O3/c1-10-12-7-13(14(17-12)9-15-10)16-8-11-5-3-2-4-6-11/h2-6,10,12-14H,7-9H2,1H3/t10-,12-,13+,14-/m1/s1. The molecule has 0 radical (unpaired) electrons. The van der Waals surface area contributed by atoms with E-state index in [0.29, 0.717) is 13.2 Å². The van der Waals surface area contributed by atoms with Gasteiger partial charge in [0.2, 0.25) is 0 Å². The number of fused-ring (bicyclic) bond motifs is 2. The smallest absolute Gasteiger partial charge is 0.108 e. The van der Waals surface area contributed by atoms with E-state index in [1.165, 1.54) is 5.56 Å². The van der Waals surface area contributed by atoms with Gasteiger partial charge in [0.1, 0.15) is 6.10 Å². The number of ether oxygens (including phenoxy) is 3. The van der Waals surface area contributed by atoms with E-state index < -0.39 is 0 Å². The maximum atomic E-state index is 5.95. The lowest BCUT2D eigenvalue weighted by Gasteiger charge is -2.27. The van der Waals surface area contributed by atoms with Gasteiger partial charge in [0.25, 0.3) is 0 Å². The average molecular weight is 234 g/mol. The van der Waals surface area contributed by atoms with Gasteiger partial charge in [-0.15, -0.1) is 0 Å². The van der Waals surface area contributed by atoms with E-state index in [-0.39, 0.29) is 24.4 Å². The Morgan fingerprint density at radius 2 is 2.06 bits per heavy atom. The molecule has 4 atom stereocenters. The first-order valence-electron chi connectivity index (χ1n) is 6.25. The van der Waals surface area contributed by atoms with Gasteiger partial charge in [0, 0.05) is 6.42 Å². The molecule has 0 amide bonds. The number of hydrogen-bond acceptors (Lipinski definition) is 3. The molecule has 2 bridgehead atoms. The maximum absolute atomic E-state index is 5.95. The third-order valence-corrected chi connectivity index (χ3v) is 3.58. The van der Waals surface area contributed by atoms with Crippen LogP contribution in [-0.4, -0.2) is 31.0 Å². The van der Waals surface area contributed by atoms with Crippen LogP contribution in [0.1, 0.15) is 18.9 Å². The van der Waals surface area contributed by atoms with Crippen molar-refractivity contribution in [3.05, 3.63) is 35.9 Å². The predicted octanol–water partition coefficient (Wildman–Crippen LogP) is 2.15. The molecule has 0 N–H and O–H groups in total. The summed E-state index contributed by atoms with van der Waals surface area (Å²) in [7, 11) is 0. The van der Waals surface area contributed by atoms with Gasteiger partial charge in [-0.1, -0.05) is 30.3 Å². The molecule has 0 saturated carbocycles. The van der Waals surface area contributed by atoms with Crippen molar-refractivity contribution in [1.29, 1.82) is 0 Å². The first kappa shape index (κ1) is 11.2. The van der Waals surface area contributed by atoms with Crippen LogP contribution in [0.3, 0.4) is 0 Å². The van der Waals surface area contributed by atoms with Crippen molar-refractivity contribution in [3.63, 3.8) is 0 Å². The predicted molar refractivity (Wildman–Crippen MR) is 63.7 cm³/mol. The van der Waals surface area contributed by atoms with E-state index in [4.69, 9.17) is 14.2 Å². The van der Waals surface area contributed by atoms with Crippen molar-refractivity contribution < 1.29 is 14.2 Å². The van der Waals surface area contributed by atoms with E-state index in [9.17, 15) is 0 Å². The third kappa shape index (κ3) is 2.37. The van der Waals surface area contributed by atoms with Crippen LogP contribution in [-0.2, 0) is 20.8 Å². The molecule has 2 fully saturated rings. The van der Waals surface area contributed by atoms with Crippen LogP contribution in [0.25, 0.3) is 0 Å². The quantitative estimate of drug-likeness (QED) is 0.802. The van der Waals surface area contributed by atoms with Crippen LogP contribution in [0.15, 0.2) is 30.3 Å². The highest BCUT2D eigenvalue weighted by Crippen LogP contribution is 2.31. The summed E-state index contributed by atoms with van der Waals surface area (Å²) < 4.78 is 17.4. The van der Waals surface area contributed by atoms with Gasteiger partial charge in [-0.2, -0.15) is 0 Å². The highest BCUT2D eigenvalue weighted by molar-refractivity contribution is 5.13. The van der Waals surface area contributed by atoms with Crippen molar-refractivity contribution >= 4 is 0 Å². The van der Waals surface area contributed by atoms with Crippen LogP contribution in [0.4, 0.5) is 0 Å². The summed E-state index contributed by atoms with van der Waals surface area (Å²) in [6, 6.07) is 10.3. The van der Waals surface area contributed by atoms with Gasteiger partial charge in [-0.3, -0.25) is 0 Å². The van der Waals surface area contributed by atoms with Crippen molar-refractivity contribution in [2.24, 2.45) is 0 Å². The van der Waals surface area contributed by atoms with Gasteiger partial charge in [-0.25, -0.2) is 0 Å². The molecule has 0 aromatic heterocycles. The van der Waals surface area contributed by atoms with E-state index in [1.807, 2.05) is 18.2 Å². The molecule has 0 unspecified atom stereocenters. The second kappa shape index (κ2) is 4.77. The Morgan fingerprint density at radius 3 is 2.82 bits per heavy atom. The average Bonchev–Trinajstić information content (AvgIpc) is 2.72. The molecule has 1 aromatic rings. The van der Waals surface area contributed by atoms with Crippen LogP contribution in [0.5, 0.6) is 0 Å². The lowest BCUT2D eigenvalue weighted by Crippen LogP contribution is -2.36. The highest BCUT2D eigenvalue weighted by atomic mass is 16.6. The minimum atomic E-state index is 0.125. The summed E-state index contributed by atoms with van der Waals surface area (Å²) in [5.74, 6) is 0. The zero-order chi connectivity index (χ0) is 11.7. The molecule has 2 saturated heterocycles. The zero-order valence-corrected chi connectivity index (χ0v) is 10.0. The molecule has 2 aliphatic rings. The molecule has 0 aliphatic carbocycles. The Bertz CT molecular complexity index is 365. The van der Waals surface area contributed by atoms with Gasteiger partial charge in [0.15, 0.2) is 0 Å². The molecule has 0 spiro atoms. The fraction of sp³-hybridized carbons (Fsp3) is 0.571. The van der Waals surface area contributed by atoms with Crippen LogP contribution < -0.4 is 0 Å². The Hall–Kier alpha value is -0.900. The van der Waals surface area contributed by atoms with Gasteiger partial charge in [-0.05, 0) is 12.5 Å². The summed E-state index contributed by atoms with van der Waals surface area (Å²) in [4.78, 5) is 0. The Kier molecular flexibility index (Phi) is 3.14. The van der Waals surface area contributed by atoms with Crippen molar-refractivity contribution in [2.45, 2.75) is 44.4 Å². The summed E-state index contributed by atoms with van der Waals surface area (Å²) in [5.41, 5.74) is 1.21. The largest absolute Gasteiger partial charge is 0.373 e.